The average molecular weight is 489 g/mol. The zero-order valence-corrected chi connectivity index (χ0v) is 19.6. The highest BCUT2D eigenvalue weighted by molar-refractivity contribution is 7.15. The molecule has 0 spiro atoms. The highest BCUT2D eigenvalue weighted by Crippen LogP contribution is 2.36. The summed E-state index contributed by atoms with van der Waals surface area (Å²) < 4.78 is 20.6. The van der Waals surface area contributed by atoms with Crippen LogP contribution in [0.2, 0.25) is 0 Å². The highest BCUT2D eigenvalue weighted by atomic mass is 32.1. The Morgan fingerprint density at radius 1 is 1.06 bits per heavy atom. The SMILES string of the molecule is CCOC(=O)c1c(-c2ccco2)csc1NC(=O)COC(=O)[C@H](NC(=O)c1ccco1)C(C)C. The number of furan rings is 2. The minimum absolute atomic E-state index is 0.0488. The molecule has 34 heavy (non-hydrogen) atoms. The second kappa shape index (κ2) is 11.3. The predicted octanol–water partition coefficient (Wildman–Crippen LogP) is 3.71. The van der Waals surface area contributed by atoms with E-state index in [1.165, 1.54) is 18.6 Å². The second-order valence-electron chi connectivity index (χ2n) is 7.38. The minimum Gasteiger partial charge on any atom is -0.464 e. The average Bonchev–Trinajstić information content (AvgIpc) is 3.57. The lowest BCUT2D eigenvalue weighted by Gasteiger charge is -2.20. The van der Waals surface area contributed by atoms with E-state index in [-0.39, 0.29) is 28.8 Å². The lowest BCUT2D eigenvalue weighted by Crippen LogP contribution is -2.45. The summed E-state index contributed by atoms with van der Waals surface area (Å²) in [6, 6.07) is 5.38. The van der Waals surface area contributed by atoms with Gasteiger partial charge in [0.25, 0.3) is 11.8 Å². The first-order chi connectivity index (χ1) is 16.3. The Morgan fingerprint density at radius 3 is 2.41 bits per heavy atom. The first kappa shape index (κ1) is 24.8. The van der Waals surface area contributed by atoms with E-state index in [0.717, 1.165) is 11.3 Å². The van der Waals surface area contributed by atoms with Gasteiger partial charge in [-0.15, -0.1) is 11.3 Å². The highest BCUT2D eigenvalue weighted by Gasteiger charge is 2.28. The van der Waals surface area contributed by atoms with E-state index in [0.29, 0.717) is 11.3 Å². The van der Waals surface area contributed by atoms with E-state index < -0.39 is 36.4 Å². The van der Waals surface area contributed by atoms with Gasteiger partial charge in [-0.2, -0.15) is 0 Å². The molecule has 2 N–H and O–H groups in total. The third-order valence-electron chi connectivity index (χ3n) is 4.61. The van der Waals surface area contributed by atoms with Crippen LogP contribution in [0.5, 0.6) is 0 Å². The van der Waals surface area contributed by atoms with Gasteiger partial charge < -0.3 is 28.9 Å². The van der Waals surface area contributed by atoms with Gasteiger partial charge in [0, 0.05) is 10.9 Å². The molecule has 3 aromatic heterocycles. The second-order valence-corrected chi connectivity index (χ2v) is 8.26. The molecule has 0 radical (unpaired) electrons. The molecule has 3 aromatic rings. The fraction of sp³-hybridized carbons (Fsp3) is 0.304. The molecule has 0 saturated heterocycles. The minimum atomic E-state index is -0.993. The van der Waals surface area contributed by atoms with Crippen LogP contribution in [-0.4, -0.2) is 43.0 Å². The molecule has 1 atom stereocenters. The van der Waals surface area contributed by atoms with Crippen molar-refractivity contribution in [1.29, 1.82) is 0 Å². The molecule has 0 aliphatic carbocycles. The molecule has 0 aliphatic rings. The number of hydrogen-bond donors (Lipinski definition) is 2. The first-order valence-corrected chi connectivity index (χ1v) is 11.3. The van der Waals surface area contributed by atoms with Crippen LogP contribution in [0.1, 0.15) is 41.7 Å². The molecule has 180 valence electrons. The van der Waals surface area contributed by atoms with Crippen LogP contribution >= 0.6 is 11.3 Å². The fourth-order valence-electron chi connectivity index (χ4n) is 2.98. The predicted molar refractivity (Wildman–Crippen MR) is 122 cm³/mol. The summed E-state index contributed by atoms with van der Waals surface area (Å²) in [5, 5.41) is 7.01. The van der Waals surface area contributed by atoms with Crippen molar-refractivity contribution in [2.75, 3.05) is 18.5 Å². The molecule has 11 heteroatoms. The van der Waals surface area contributed by atoms with Crippen LogP contribution in [0.25, 0.3) is 11.3 Å². The van der Waals surface area contributed by atoms with Crippen molar-refractivity contribution in [3.63, 3.8) is 0 Å². The number of thiophene rings is 1. The van der Waals surface area contributed by atoms with E-state index in [4.69, 9.17) is 18.3 Å². The smallest absolute Gasteiger partial charge is 0.341 e. The van der Waals surface area contributed by atoms with Crippen molar-refractivity contribution in [2.45, 2.75) is 26.8 Å². The molecule has 0 saturated carbocycles. The van der Waals surface area contributed by atoms with Gasteiger partial charge in [-0.3, -0.25) is 9.59 Å². The maximum Gasteiger partial charge on any atom is 0.341 e. The monoisotopic (exact) mass is 488 g/mol. The molecular formula is C23H24N2O8S. The zero-order valence-electron chi connectivity index (χ0n) is 18.8. The molecule has 3 rings (SSSR count). The van der Waals surface area contributed by atoms with E-state index in [1.807, 2.05) is 0 Å². The van der Waals surface area contributed by atoms with E-state index in [2.05, 4.69) is 10.6 Å². The fourth-order valence-corrected chi connectivity index (χ4v) is 3.93. The van der Waals surface area contributed by atoms with Crippen LogP contribution in [0.15, 0.2) is 51.0 Å². The number of carbonyl (C=O) groups is 4. The molecule has 2 amide bonds. The number of anilines is 1. The van der Waals surface area contributed by atoms with Crippen molar-refractivity contribution < 1.29 is 37.5 Å². The van der Waals surface area contributed by atoms with Gasteiger partial charge in [-0.05, 0) is 37.1 Å². The Kier molecular flexibility index (Phi) is 8.25. The van der Waals surface area contributed by atoms with Gasteiger partial charge in [0.15, 0.2) is 12.4 Å². The van der Waals surface area contributed by atoms with E-state index in [1.54, 1.807) is 44.4 Å². The number of ether oxygens (including phenoxy) is 2. The first-order valence-electron chi connectivity index (χ1n) is 10.4. The lowest BCUT2D eigenvalue weighted by atomic mass is 10.0. The standard InChI is InChI=1S/C23H24N2O8S/c1-4-30-22(28)18-14(15-7-5-9-31-15)12-34-21(18)24-17(26)11-33-23(29)19(13(2)3)25-20(27)16-8-6-10-32-16/h5-10,12-13,19H,4,11H2,1-3H3,(H,24,26)(H,25,27)/t19-/m1/s1. The largest absolute Gasteiger partial charge is 0.464 e. The Morgan fingerprint density at radius 2 is 1.79 bits per heavy atom. The topological polar surface area (TPSA) is 137 Å². The van der Waals surface area contributed by atoms with Crippen LogP contribution in [0.4, 0.5) is 5.00 Å². The van der Waals surface area contributed by atoms with Crippen LogP contribution in [-0.2, 0) is 19.1 Å². The van der Waals surface area contributed by atoms with Crippen molar-refractivity contribution in [3.05, 3.63) is 53.5 Å². The Labute approximate surface area is 199 Å². The Hall–Kier alpha value is -3.86. The van der Waals surface area contributed by atoms with Crippen molar-refractivity contribution >= 4 is 40.1 Å². The van der Waals surface area contributed by atoms with Gasteiger partial charge in [0.05, 0.1) is 19.1 Å². The summed E-state index contributed by atoms with van der Waals surface area (Å²) in [4.78, 5) is 49.8. The molecule has 3 heterocycles. The third-order valence-corrected chi connectivity index (χ3v) is 5.50. The van der Waals surface area contributed by atoms with E-state index >= 15 is 0 Å². The number of carbonyl (C=O) groups excluding carboxylic acids is 4. The molecule has 10 nitrogen and oxygen atoms in total. The van der Waals surface area contributed by atoms with Crippen LogP contribution in [0, 0.1) is 5.92 Å². The van der Waals surface area contributed by atoms with Crippen LogP contribution in [0.3, 0.4) is 0 Å². The summed E-state index contributed by atoms with van der Waals surface area (Å²) in [7, 11) is 0. The number of nitrogens with one attached hydrogen (secondary N) is 2. The van der Waals surface area contributed by atoms with Crippen LogP contribution < -0.4 is 10.6 Å². The number of amides is 2. The molecule has 0 fully saturated rings. The van der Waals surface area contributed by atoms with Gasteiger partial charge in [0.1, 0.15) is 22.4 Å². The van der Waals surface area contributed by atoms with Gasteiger partial charge in [0.2, 0.25) is 0 Å². The number of hydrogen-bond acceptors (Lipinski definition) is 9. The van der Waals surface area contributed by atoms with Crippen molar-refractivity contribution in [3.8, 4) is 11.3 Å². The molecule has 0 aromatic carbocycles. The third kappa shape index (κ3) is 5.93. The van der Waals surface area contributed by atoms with Gasteiger partial charge in [-0.1, -0.05) is 13.8 Å². The maximum atomic E-state index is 12.5. The maximum absolute atomic E-state index is 12.5. The molecule has 0 bridgehead atoms. The van der Waals surface area contributed by atoms with Gasteiger partial charge in [-0.25, -0.2) is 9.59 Å². The Bertz CT molecular complexity index is 1130. The van der Waals surface area contributed by atoms with E-state index in [9.17, 15) is 19.2 Å². The summed E-state index contributed by atoms with van der Waals surface area (Å²) in [5.41, 5.74) is 0.619. The molecule has 0 unspecified atom stereocenters. The van der Waals surface area contributed by atoms with Crippen molar-refractivity contribution in [1.82, 2.24) is 5.32 Å². The lowest BCUT2D eigenvalue weighted by molar-refractivity contribution is -0.150. The quantitative estimate of drug-likeness (QED) is 0.412. The summed E-state index contributed by atoms with van der Waals surface area (Å²) in [6.45, 7) is 4.65. The normalized spacial score (nSPS) is 11.6. The summed E-state index contributed by atoms with van der Waals surface area (Å²) in [6.07, 6.45) is 2.81. The Balaban J connectivity index is 1.65. The molecular weight excluding hydrogens is 464 g/mol. The number of rotatable bonds is 10. The van der Waals surface area contributed by atoms with Gasteiger partial charge >= 0.3 is 11.9 Å². The molecule has 0 aliphatic heterocycles. The van der Waals surface area contributed by atoms with Crippen molar-refractivity contribution in [2.24, 2.45) is 5.92 Å². The summed E-state index contributed by atoms with van der Waals surface area (Å²) >= 11 is 1.11. The summed E-state index contributed by atoms with van der Waals surface area (Å²) in [5.74, 6) is -2.45. The number of esters is 2. The zero-order chi connectivity index (χ0) is 24.7.